The number of rotatable bonds is 4. The Morgan fingerprint density at radius 3 is 2.87 bits per heavy atom. The van der Waals surface area contributed by atoms with Gasteiger partial charge in [-0.1, -0.05) is 22.0 Å². The topological polar surface area (TPSA) is 32.3 Å². The molecule has 0 aliphatic heterocycles. The van der Waals surface area contributed by atoms with E-state index in [0.29, 0.717) is 12.3 Å². The average Bonchev–Trinajstić information content (AvgIpc) is 2.20. The SMILES string of the molecule is C=CC(C)NCc1cc(Br)cc(C)c1O. The van der Waals surface area contributed by atoms with Crippen molar-refractivity contribution in [2.75, 3.05) is 0 Å². The first-order valence-electron chi connectivity index (χ1n) is 4.88. The van der Waals surface area contributed by atoms with Crippen LogP contribution in [-0.4, -0.2) is 11.1 Å². The number of aryl methyl sites for hydroxylation is 1. The first-order valence-corrected chi connectivity index (χ1v) is 5.68. The molecule has 0 bridgehead atoms. The maximum atomic E-state index is 9.82. The first kappa shape index (κ1) is 12.3. The summed E-state index contributed by atoms with van der Waals surface area (Å²) in [6, 6.07) is 4.06. The van der Waals surface area contributed by atoms with Gasteiger partial charge < -0.3 is 10.4 Å². The van der Waals surface area contributed by atoms with Crippen molar-refractivity contribution in [1.29, 1.82) is 0 Å². The molecule has 0 saturated heterocycles. The molecular formula is C12H16BrNO. The van der Waals surface area contributed by atoms with Gasteiger partial charge in [0.15, 0.2) is 0 Å². The Kier molecular flexibility index (Phi) is 4.36. The van der Waals surface area contributed by atoms with Gasteiger partial charge in [0.2, 0.25) is 0 Å². The summed E-state index contributed by atoms with van der Waals surface area (Å²) in [5, 5.41) is 13.1. The molecule has 0 aromatic heterocycles. The van der Waals surface area contributed by atoms with Gasteiger partial charge in [-0.2, -0.15) is 0 Å². The Morgan fingerprint density at radius 1 is 1.60 bits per heavy atom. The summed E-state index contributed by atoms with van der Waals surface area (Å²) in [6.45, 7) is 8.25. The molecule has 3 heteroatoms. The van der Waals surface area contributed by atoms with Crippen LogP contribution >= 0.6 is 15.9 Å². The first-order chi connectivity index (χ1) is 7.04. The fourth-order valence-electron chi connectivity index (χ4n) is 1.29. The third-order valence-corrected chi connectivity index (χ3v) is 2.77. The van der Waals surface area contributed by atoms with Crippen LogP contribution in [0.5, 0.6) is 5.75 Å². The normalized spacial score (nSPS) is 12.5. The van der Waals surface area contributed by atoms with Gasteiger partial charge in [-0.3, -0.25) is 0 Å². The number of hydrogen-bond acceptors (Lipinski definition) is 2. The molecule has 1 aromatic carbocycles. The molecule has 0 heterocycles. The third kappa shape index (κ3) is 3.36. The summed E-state index contributed by atoms with van der Waals surface area (Å²) >= 11 is 3.41. The van der Waals surface area contributed by atoms with E-state index in [-0.39, 0.29) is 6.04 Å². The van der Waals surface area contributed by atoms with Crippen LogP contribution < -0.4 is 5.32 Å². The number of benzene rings is 1. The van der Waals surface area contributed by atoms with E-state index < -0.39 is 0 Å². The molecule has 2 N–H and O–H groups in total. The van der Waals surface area contributed by atoms with Gasteiger partial charge in [0.05, 0.1) is 0 Å². The third-order valence-electron chi connectivity index (χ3n) is 2.31. The monoisotopic (exact) mass is 269 g/mol. The van der Waals surface area contributed by atoms with E-state index in [1.54, 1.807) is 0 Å². The van der Waals surface area contributed by atoms with Crippen LogP contribution in [0.2, 0.25) is 0 Å². The second kappa shape index (κ2) is 5.33. The summed E-state index contributed by atoms with van der Waals surface area (Å²) in [5.74, 6) is 0.363. The van der Waals surface area contributed by atoms with Crippen LogP contribution in [0.4, 0.5) is 0 Å². The predicted molar refractivity (Wildman–Crippen MR) is 67.0 cm³/mol. The molecule has 15 heavy (non-hydrogen) atoms. The molecule has 0 fully saturated rings. The highest BCUT2D eigenvalue weighted by atomic mass is 79.9. The van der Waals surface area contributed by atoms with E-state index in [2.05, 4.69) is 27.8 Å². The molecule has 2 nitrogen and oxygen atoms in total. The molecule has 1 rings (SSSR count). The van der Waals surface area contributed by atoms with Crippen molar-refractivity contribution in [2.24, 2.45) is 0 Å². The number of nitrogens with one attached hydrogen (secondary N) is 1. The van der Waals surface area contributed by atoms with Crippen LogP contribution in [0.3, 0.4) is 0 Å². The number of phenols is 1. The minimum atomic E-state index is 0.240. The van der Waals surface area contributed by atoms with Gasteiger partial charge in [0.1, 0.15) is 5.75 Å². The zero-order valence-corrected chi connectivity index (χ0v) is 10.6. The molecule has 0 amide bonds. The molecule has 1 aromatic rings. The summed E-state index contributed by atoms with van der Waals surface area (Å²) in [5.41, 5.74) is 1.78. The standard InChI is InChI=1S/C12H16BrNO/c1-4-9(3)14-7-10-6-11(13)5-8(2)12(10)15/h4-6,9,14-15H,1,7H2,2-3H3. The number of halogens is 1. The number of phenolic OH excluding ortho intramolecular Hbond substituents is 1. The number of aromatic hydroxyl groups is 1. The maximum Gasteiger partial charge on any atom is 0.123 e. The smallest absolute Gasteiger partial charge is 0.123 e. The molecule has 1 atom stereocenters. The molecular weight excluding hydrogens is 254 g/mol. The van der Waals surface area contributed by atoms with E-state index >= 15 is 0 Å². The fraction of sp³-hybridized carbons (Fsp3) is 0.333. The van der Waals surface area contributed by atoms with Crippen LogP contribution in [0.1, 0.15) is 18.1 Å². The van der Waals surface area contributed by atoms with E-state index in [1.807, 2.05) is 32.1 Å². The Hall–Kier alpha value is -0.800. The van der Waals surface area contributed by atoms with Gasteiger partial charge >= 0.3 is 0 Å². The Bertz CT molecular complexity index is 363. The quantitative estimate of drug-likeness (QED) is 0.824. The molecule has 0 radical (unpaired) electrons. The van der Waals surface area contributed by atoms with Gasteiger partial charge in [-0.25, -0.2) is 0 Å². The maximum absolute atomic E-state index is 9.82. The minimum absolute atomic E-state index is 0.240. The van der Waals surface area contributed by atoms with Crippen molar-refractivity contribution in [3.8, 4) is 5.75 Å². The van der Waals surface area contributed by atoms with Crippen molar-refractivity contribution < 1.29 is 5.11 Å². The van der Waals surface area contributed by atoms with Gasteiger partial charge in [0.25, 0.3) is 0 Å². The van der Waals surface area contributed by atoms with Crippen molar-refractivity contribution in [3.05, 3.63) is 40.4 Å². The Labute approximate surface area is 99.1 Å². The van der Waals surface area contributed by atoms with E-state index in [1.165, 1.54) is 0 Å². The lowest BCUT2D eigenvalue weighted by atomic mass is 10.1. The predicted octanol–water partition coefficient (Wildman–Crippen LogP) is 3.13. The highest BCUT2D eigenvalue weighted by Crippen LogP contribution is 2.26. The van der Waals surface area contributed by atoms with Crippen LogP contribution in [0, 0.1) is 6.92 Å². The summed E-state index contributed by atoms with van der Waals surface area (Å²) in [4.78, 5) is 0. The van der Waals surface area contributed by atoms with Crippen molar-refractivity contribution in [2.45, 2.75) is 26.4 Å². The lowest BCUT2D eigenvalue weighted by molar-refractivity contribution is 0.459. The molecule has 0 spiro atoms. The molecule has 1 unspecified atom stereocenters. The van der Waals surface area contributed by atoms with Crippen molar-refractivity contribution >= 4 is 15.9 Å². The largest absolute Gasteiger partial charge is 0.507 e. The van der Waals surface area contributed by atoms with Crippen LogP contribution in [-0.2, 0) is 6.54 Å². The highest BCUT2D eigenvalue weighted by molar-refractivity contribution is 9.10. The van der Waals surface area contributed by atoms with Gasteiger partial charge in [-0.05, 0) is 31.5 Å². The van der Waals surface area contributed by atoms with E-state index in [9.17, 15) is 5.11 Å². The summed E-state index contributed by atoms with van der Waals surface area (Å²) in [7, 11) is 0. The lowest BCUT2D eigenvalue weighted by Gasteiger charge is -2.12. The minimum Gasteiger partial charge on any atom is -0.507 e. The van der Waals surface area contributed by atoms with Crippen molar-refractivity contribution in [1.82, 2.24) is 5.32 Å². The summed E-state index contributed by atoms with van der Waals surface area (Å²) in [6.07, 6.45) is 1.84. The Morgan fingerprint density at radius 2 is 2.27 bits per heavy atom. The number of hydrogen-bond donors (Lipinski definition) is 2. The molecule has 0 aliphatic rings. The van der Waals surface area contributed by atoms with Crippen LogP contribution in [0.15, 0.2) is 29.3 Å². The average molecular weight is 270 g/mol. The van der Waals surface area contributed by atoms with Gasteiger partial charge in [0, 0.05) is 22.6 Å². The molecule has 82 valence electrons. The summed E-state index contributed by atoms with van der Waals surface area (Å²) < 4.78 is 0.987. The zero-order valence-electron chi connectivity index (χ0n) is 9.05. The van der Waals surface area contributed by atoms with Crippen LogP contribution in [0.25, 0.3) is 0 Å². The lowest BCUT2D eigenvalue weighted by Crippen LogP contribution is -2.23. The molecule has 0 aliphatic carbocycles. The van der Waals surface area contributed by atoms with Gasteiger partial charge in [-0.15, -0.1) is 6.58 Å². The fourth-order valence-corrected chi connectivity index (χ4v) is 1.91. The van der Waals surface area contributed by atoms with E-state index in [4.69, 9.17) is 0 Å². The second-order valence-corrected chi connectivity index (χ2v) is 4.55. The Balaban J connectivity index is 2.80. The second-order valence-electron chi connectivity index (χ2n) is 3.64. The van der Waals surface area contributed by atoms with Crippen molar-refractivity contribution in [3.63, 3.8) is 0 Å². The zero-order chi connectivity index (χ0) is 11.4. The molecule has 0 saturated carbocycles. The highest BCUT2D eigenvalue weighted by Gasteiger charge is 2.06. The van der Waals surface area contributed by atoms with E-state index in [0.717, 1.165) is 15.6 Å².